The number of rotatable bonds is 1. The van der Waals surface area contributed by atoms with Gasteiger partial charge in [0.25, 0.3) is 0 Å². The van der Waals surface area contributed by atoms with Crippen LogP contribution in [-0.2, 0) is 6.42 Å². The van der Waals surface area contributed by atoms with E-state index in [0.29, 0.717) is 6.42 Å². The van der Waals surface area contributed by atoms with Crippen molar-refractivity contribution in [3.63, 3.8) is 0 Å². The average Bonchev–Trinajstić information content (AvgIpc) is 1.97. The lowest BCUT2D eigenvalue weighted by molar-refractivity contribution is 1.19. The van der Waals surface area contributed by atoms with Gasteiger partial charge in [-0.1, -0.05) is 0 Å². The Labute approximate surface area is 82.5 Å². The summed E-state index contributed by atoms with van der Waals surface area (Å²) in [5, 5.41) is 0. The number of nitrogens with zero attached hydrogens (tertiary/aromatic N) is 1. The Morgan fingerprint density at radius 2 is 1.91 bits per heavy atom. The third-order valence-corrected chi connectivity index (χ3v) is 2.60. The van der Waals surface area contributed by atoms with Crippen molar-refractivity contribution in [1.29, 1.82) is 0 Å². The van der Waals surface area contributed by atoms with Gasteiger partial charge in [-0.2, -0.15) is 0 Å². The molecule has 0 N–H and O–H groups in total. The number of halogens is 2. The minimum Gasteiger partial charge on any atom is -0.262 e. The van der Waals surface area contributed by atoms with E-state index in [-0.39, 0.29) is 0 Å². The molecule has 0 saturated heterocycles. The molecule has 1 aromatic rings. The molecule has 0 aliphatic carbocycles. The first-order valence-corrected chi connectivity index (χ1v) is 4.55. The summed E-state index contributed by atoms with van der Waals surface area (Å²) in [4.78, 5) is 3.96. The van der Waals surface area contributed by atoms with Crippen LogP contribution in [0.15, 0.2) is 21.3 Å². The SMILES string of the molecule is C#CCc1c(Br)cncc1Br. The van der Waals surface area contributed by atoms with Gasteiger partial charge in [-0.25, -0.2) is 0 Å². The highest BCUT2D eigenvalue weighted by Gasteiger charge is 2.02. The molecule has 0 unspecified atom stereocenters. The highest BCUT2D eigenvalue weighted by molar-refractivity contribution is 9.11. The van der Waals surface area contributed by atoms with Gasteiger partial charge in [0.1, 0.15) is 0 Å². The fourth-order valence-electron chi connectivity index (χ4n) is 0.709. The van der Waals surface area contributed by atoms with Crippen molar-refractivity contribution in [2.45, 2.75) is 6.42 Å². The van der Waals surface area contributed by atoms with E-state index >= 15 is 0 Å². The van der Waals surface area contributed by atoms with Crippen molar-refractivity contribution in [2.75, 3.05) is 0 Å². The van der Waals surface area contributed by atoms with Crippen LogP contribution in [-0.4, -0.2) is 4.98 Å². The van der Waals surface area contributed by atoms with Crippen LogP contribution in [0, 0.1) is 12.3 Å². The van der Waals surface area contributed by atoms with Crippen LogP contribution < -0.4 is 0 Å². The summed E-state index contributed by atoms with van der Waals surface area (Å²) in [6.07, 6.45) is 9.27. The van der Waals surface area contributed by atoms with Crippen LogP contribution >= 0.6 is 31.9 Å². The van der Waals surface area contributed by atoms with Gasteiger partial charge in [-0.3, -0.25) is 4.98 Å². The van der Waals surface area contributed by atoms with E-state index in [2.05, 4.69) is 42.8 Å². The number of hydrogen-bond acceptors (Lipinski definition) is 1. The van der Waals surface area contributed by atoms with Crippen molar-refractivity contribution in [2.24, 2.45) is 0 Å². The van der Waals surface area contributed by atoms with E-state index in [1.54, 1.807) is 12.4 Å². The molecule has 1 heterocycles. The first-order valence-electron chi connectivity index (χ1n) is 2.97. The standard InChI is InChI=1S/C8H5Br2N/c1-2-3-6-7(9)4-11-5-8(6)10/h1,4-5H,3H2. The van der Waals surface area contributed by atoms with E-state index in [0.717, 1.165) is 14.5 Å². The van der Waals surface area contributed by atoms with Gasteiger partial charge in [0.2, 0.25) is 0 Å². The zero-order chi connectivity index (χ0) is 8.27. The average molecular weight is 275 g/mol. The summed E-state index contributed by atoms with van der Waals surface area (Å²) in [6.45, 7) is 0. The molecule has 11 heavy (non-hydrogen) atoms. The highest BCUT2D eigenvalue weighted by Crippen LogP contribution is 2.23. The summed E-state index contributed by atoms with van der Waals surface area (Å²) in [5.41, 5.74) is 1.07. The van der Waals surface area contributed by atoms with Gasteiger partial charge in [0.15, 0.2) is 0 Å². The molecule has 0 spiro atoms. The number of terminal acetylenes is 1. The second kappa shape index (κ2) is 3.89. The molecule has 1 nitrogen and oxygen atoms in total. The van der Waals surface area contributed by atoms with Crippen LogP contribution in [0.1, 0.15) is 5.56 Å². The Morgan fingerprint density at radius 1 is 1.36 bits per heavy atom. The van der Waals surface area contributed by atoms with Gasteiger partial charge in [-0.05, 0) is 37.4 Å². The van der Waals surface area contributed by atoms with E-state index in [1.807, 2.05) is 0 Å². The summed E-state index contributed by atoms with van der Waals surface area (Å²) >= 11 is 6.72. The minimum atomic E-state index is 0.615. The normalized spacial score (nSPS) is 9.18. The number of aromatic nitrogens is 1. The maximum Gasteiger partial charge on any atom is 0.0414 e. The molecular weight excluding hydrogens is 270 g/mol. The molecule has 0 aliphatic rings. The van der Waals surface area contributed by atoms with Crippen LogP contribution in [0.2, 0.25) is 0 Å². The molecule has 1 rings (SSSR count). The molecule has 0 saturated carbocycles. The largest absolute Gasteiger partial charge is 0.262 e. The summed E-state index contributed by atoms with van der Waals surface area (Å²) < 4.78 is 1.90. The smallest absolute Gasteiger partial charge is 0.0414 e. The first kappa shape index (κ1) is 8.76. The molecule has 56 valence electrons. The lowest BCUT2D eigenvalue weighted by atomic mass is 10.2. The molecule has 0 amide bonds. The molecule has 0 fully saturated rings. The van der Waals surface area contributed by atoms with Crippen molar-refractivity contribution in [3.05, 3.63) is 26.9 Å². The fourth-order valence-corrected chi connectivity index (χ4v) is 1.92. The maximum atomic E-state index is 5.19. The molecular formula is C8H5Br2N. The lowest BCUT2D eigenvalue weighted by Gasteiger charge is -2.00. The van der Waals surface area contributed by atoms with E-state index in [1.165, 1.54) is 0 Å². The van der Waals surface area contributed by atoms with Gasteiger partial charge in [0.05, 0.1) is 0 Å². The molecule has 0 bridgehead atoms. The predicted molar refractivity (Wildman–Crippen MR) is 52.2 cm³/mol. The summed E-state index contributed by atoms with van der Waals surface area (Å²) in [6, 6.07) is 0. The Balaban J connectivity index is 3.12. The summed E-state index contributed by atoms with van der Waals surface area (Å²) in [5.74, 6) is 2.58. The monoisotopic (exact) mass is 273 g/mol. The third-order valence-electron chi connectivity index (χ3n) is 1.23. The van der Waals surface area contributed by atoms with Crippen LogP contribution in [0.3, 0.4) is 0 Å². The molecule has 0 atom stereocenters. The van der Waals surface area contributed by atoms with Crippen LogP contribution in [0.25, 0.3) is 0 Å². The molecule has 1 aromatic heterocycles. The van der Waals surface area contributed by atoms with Gasteiger partial charge >= 0.3 is 0 Å². The molecule has 0 aliphatic heterocycles. The quantitative estimate of drug-likeness (QED) is 0.718. The van der Waals surface area contributed by atoms with Crippen molar-refractivity contribution >= 4 is 31.9 Å². The molecule has 0 aromatic carbocycles. The number of pyridine rings is 1. The molecule has 3 heteroatoms. The number of hydrogen-bond donors (Lipinski definition) is 0. The van der Waals surface area contributed by atoms with Crippen molar-refractivity contribution in [3.8, 4) is 12.3 Å². The zero-order valence-electron chi connectivity index (χ0n) is 5.64. The second-order valence-electron chi connectivity index (χ2n) is 1.96. The topological polar surface area (TPSA) is 12.9 Å². The minimum absolute atomic E-state index is 0.615. The highest BCUT2D eigenvalue weighted by atomic mass is 79.9. The first-order chi connectivity index (χ1) is 5.25. The lowest BCUT2D eigenvalue weighted by Crippen LogP contribution is -1.87. The van der Waals surface area contributed by atoms with E-state index in [4.69, 9.17) is 6.42 Å². The predicted octanol–water partition coefficient (Wildman–Crippen LogP) is 2.78. The van der Waals surface area contributed by atoms with Gasteiger partial charge in [0, 0.05) is 27.8 Å². The van der Waals surface area contributed by atoms with Crippen molar-refractivity contribution < 1.29 is 0 Å². The second-order valence-corrected chi connectivity index (χ2v) is 3.67. The fraction of sp³-hybridized carbons (Fsp3) is 0.125. The van der Waals surface area contributed by atoms with Gasteiger partial charge in [-0.15, -0.1) is 12.3 Å². The third kappa shape index (κ3) is 2.05. The van der Waals surface area contributed by atoms with Crippen LogP contribution in [0.5, 0.6) is 0 Å². The van der Waals surface area contributed by atoms with Gasteiger partial charge < -0.3 is 0 Å². The Hall–Kier alpha value is -0.330. The van der Waals surface area contributed by atoms with Crippen LogP contribution in [0.4, 0.5) is 0 Å². The maximum absolute atomic E-state index is 5.19. The Bertz CT molecular complexity index is 281. The Kier molecular flexibility index (Phi) is 3.10. The van der Waals surface area contributed by atoms with E-state index < -0.39 is 0 Å². The van der Waals surface area contributed by atoms with Crippen molar-refractivity contribution in [1.82, 2.24) is 4.98 Å². The Morgan fingerprint density at radius 3 is 2.36 bits per heavy atom. The summed E-state index contributed by atoms with van der Waals surface area (Å²) in [7, 11) is 0. The van der Waals surface area contributed by atoms with E-state index in [9.17, 15) is 0 Å². The zero-order valence-corrected chi connectivity index (χ0v) is 8.81. The molecule has 0 radical (unpaired) electrons.